The van der Waals surface area contributed by atoms with Crippen LogP contribution in [-0.4, -0.2) is 52.1 Å². The van der Waals surface area contributed by atoms with Crippen molar-refractivity contribution >= 4 is 46.7 Å². The minimum atomic E-state index is -1.19. The molecule has 0 saturated heterocycles. The first kappa shape index (κ1) is 24.7. The van der Waals surface area contributed by atoms with Crippen molar-refractivity contribution in [3.05, 3.63) is 40.1 Å². The van der Waals surface area contributed by atoms with Crippen LogP contribution in [0.15, 0.2) is 28.8 Å². The van der Waals surface area contributed by atoms with Crippen molar-refractivity contribution in [3.63, 3.8) is 0 Å². The van der Waals surface area contributed by atoms with Crippen molar-refractivity contribution in [3.8, 4) is 5.75 Å². The lowest BCUT2D eigenvalue weighted by atomic mass is 10.2. The van der Waals surface area contributed by atoms with Gasteiger partial charge < -0.3 is 24.6 Å². The second kappa shape index (κ2) is 11.1. The van der Waals surface area contributed by atoms with Crippen molar-refractivity contribution in [1.29, 1.82) is 0 Å². The number of hydrogen-bond acceptors (Lipinski definition) is 10. The van der Waals surface area contributed by atoms with Crippen LogP contribution in [0.5, 0.6) is 5.75 Å². The van der Waals surface area contributed by atoms with E-state index in [1.807, 2.05) is 0 Å². The molecule has 172 valence electrons. The van der Waals surface area contributed by atoms with Crippen LogP contribution in [0.25, 0.3) is 0 Å². The Labute approximate surface area is 187 Å². The fraction of sp³-hybridized carbons (Fsp3) is 0.368. The summed E-state index contributed by atoms with van der Waals surface area (Å²) < 4.78 is 15.0. The summed E-state index contributed by atoms with van der Waals surface area (Å²) >= 11 is 1.02. The van der Waals surface area contributed by atoms with Gasteiger partial charge in [-0.1, -0.05) is 5.16 Å². The van der Waals surface area contributed by atoms with E-state index in [0.717, 1.165) is 17.8 Å². The van der Waals surface area contributed by atoms with E-state index < -0.39 is 28.2 Å². The third-order valence-electron chi connectivity index (χ3n) is 4.03. The zero-order valence-electron chi connectivity index (χ0n) is 17.7. The van der Waals surface area contributed by atoms with E-state index >= 15 is 0 Å². The van der Waals surface area contributed by atoms with Crippen molar-refractivity contribution in [2.45, 2.75) is 32.1 Å². The van der Waals surface area contributed by atoms with E-state index in [1.165, 1.54) is 26.2 Å². The van der Waals surface area contributed by atoms with Gasteiger partial charge >= 0.3 is 5.97 Å². The van der Waals surface area contributed by atoms with Gasteiger partial charge in [0.15, 0.2) is 11.9 Å². The smallest absolute Gasteiger partial charge is 0.316 e. The van der Waals surface area contributed by atoms with Crippen LogP contribution in [0.4, 0.5) is 17.2 Å². The Balaban J connectivity index is 1.85. The molecule has 13 heteroatoms. The number of carbonyl (C=O) groups is 3. The maximum atomic E-state index is 12.3. The van der Waals surface area contributed by atoms with E-state index in [-0.39, 0.29) is 34.6 Å². The molecule has 1 heterocycles. The minimum absolute atomic E-state index is 0.0670. The predicted octanol–water partition coefficient (Wildman–Crippen LogP) is 2.53. The van der Waals surface area contributed by atoms with Crippen LogP contribution in [-0.2, 0) is 19.1 Å². The number of anilines is 2. The number of rotatable bonds is 10. The molecule has 0 radical (unpaired) electrons. The molecule has 32 heavy (non-hydrogen) atoms. The summed E-state index contributed by atoms with van der Waals surface area (Å²) in [7, 11) is 1.35. The second-order valence-electron chi connectivity index (χ2n) is 6.53. The molecule has 2 rings (SSSR count). The number of thioether (sulfide) groups is 1. The number of hydrogen-bond donors (Lipinski definition) is 2. The summed E-state index contributed by atoms with van der Waals surface area (Å²) in [6.07, 6.45) is -1.19. The summed E-state index contributed by atoms with van der Waals surface area (Å²) in [5, 5.41) is 19.0. The number of benzene rings is 1. The normalized spacial score (nSPS) is 12.4. The molecular formula is C19H22N4O8S. The molecule has 0 bridgehead atoms. The van der Waals surface area contributed by atoms with Gasteiger partial charge in [-0.2, -0.15) is 0 Å². The number of esters is 1. The zero-order valence-corrected chi connectivity index (χ0v) is 18.6. The fourth-order valence-corrected chi connectivity index (χ4v) is 3.01. The summed E-state index contributed by atoms with van der Waals surface area (Å²) in [5.41, 5.74) is -0.174. The summed E-state index contributed by atoms with van der Waals surface area (Å²) in [4.78, 5) is 46.9. The fourth-order valence-electron chi connectivity index (χ4n) is 2.35. The van der Waals surface area contributed by atoms with Crippen molar-refractivity contribution in [1.82, 2.24) is 5.16 Å². The van der Waals surface area contributed by atoms with Gasteiger partial charge in [0.1, 0.15) is 11.5 Å². The number of aryl methyl sites for hydroxylation is 1. The molecule has 1 aromatic heterocycles. The molecule has 2 aromatic rings. The first-order valence-corrected chi connectivity index (χ1v) is 10.3. The molecule has 0 spiro atoms. The summed E-state index contributed by atoms with van der Waals surface area (Å²) in [6.45, 7) is 4.64. The van der Waals surface area contributed by atoms with E-state index in [0.29, 0.717) is 5.76 Å². The number of nitrogens with zero attached hydrogens (tertiary/aromatic N) is 2. The second-order valence-corrected chi connectivity index (χ2v) is 7.86. The van der Waals surface area contributed by atoms with E-state index in [1.54, 1.807) is 19.9 Å². The van der Waals surface area contributed by atoms with Gasteiger partial charge in [0, 0.05) is 18.2 Å². The molecule has 0 saturated carbocycles. The molecule has 1 aromatic carbocycles. The molecule has 2 atom stereocenters. The third-order valence-corrected chi connectivity index (χ3v) is 5.15. The van der Waals surface area contributed by atoms with Gasteiger partial charge in [-0.05, 0) is 26.8 Å². The molecule has 2 N–H and O–H groups in total. The van der Waals surface area contributed by atoms with Gasteiger partial charge in [0.05, 0.1) is 28.7 Å². The number of nitrogens with one attached hydrogen (secondary N) is 2. The maximum absolute atomic E-state index is 12.3. The number of carbonyl (C=O) groups excluding carboxylic acids is 3. The summed E-state index contributed by atoms with van der Waals surface area (Å²) in [6, 6.07) is 5.27. The monoisotopic (exact) mass is 466 g/mol. The SMILES string of the molecule is COc1ccc([N+](=O)[O-])cc1NC(=O)[C@H](C)OC(=O)CS[C@@H](C)C(=O)Nc1cc(C)on1. The molecular weight excluding hydrogens is 444 g/mol. The highest BCUT2D eigenvalue weighted by atomic mass is 32.2. The number of amides is 2. The Morgan fingerprint density at radius 3 is 2.53 bits per heavy atom. The Kier molecular flexibility index (Phi) is 8.58. The number of methoxy groups -OCH3 is 1. The van der Waals surface area contributed by atoms with Gasteiger partial charge in [0.25, 0.3) is 11.6 Å². The van der Waals surface area contributed by atoms with Crippen LogP contribution in [0.3, 0.4) is 0 Å². The van der Waals surface area contributed by atoms with Crippen LogP contribution >= 0.6 is 11.8 Å². The molecule has 0 unspecified atom stereocenters. The van der Waals surface area contributed by atoms with Gasteiger partial charge in [-0.25, -0.2) is 0 Å². The summed E-state index contributed by atoms with van der Waals surface area (Å²) in [5.74, 6) is -0.942. The Morgan fingerprint density at radius 1 is 1.22 bits per heavy atom. The van der Waals surface area contributed by atoms with E-state index in [4.69, 9.17) is 14.0 Å². The van der Waals surface area contributed by atoms with E-state index in [2.05, 4.69) is 15.8 Å². The van der Waals surface area contributed by atoms with Crippen molar-refractivity contribution in [2.75, 3.05) is 23.5 Å². The lowest BCUT2D eigenvalue weighted by Gasteiger charge is -2.15. The van der Waals surface area contributed by atoms with Gasteiger partial charge in [-0.15, -0.1) is 11.8 Å². The topological polar surface area (TPSA) is 163 Å². The van der Waals surface area contributed by atoms with Crippen LogP contribution in [0, 0.1) is 17.0 Å². The first-order chi connectivity index (χ1) is 15.1. The number of nitro benzene ring substituents is 1. The molecule has 0 fully saturated rings. The molecule has 0 aliphatic rings. The number of non-ortho nitro benzene ring substituents is 1. The third kappa shape index (κ3) is 6.97. The maximum Gasteiger partial charge on any atom is 0.316 e. The average molecular weight is 466 g/mol. The van der Waals surface area contributed by atoms with Crippen LogP contribution in [0.2, 0.25) is 0 Å². The quantitative estimate of drug-likeness (QED) is 0.302. The molecule has 0 aliphatic carbocycles. The number of aromatic nitrogens is 1. The highest BCUT2D eigenvalue weighted by Crippen LogP contribution is 2.29. The Bertz CT molecular complexity index is 1010. The van der Waals surface area contributed by atoms with Crippen LogP contribution < -0.4 is 15.4 Å². The highest BCUT2D eigenvalue weighted by Gasteiger charge is 2.22. The molecule has 0 aliphatic heterocycles. The number of nitro groups is 1. The predicted molar refractivity (Wildman–Crippen MR) is 116 cm³/mol. The largest absolute Gasteiger partial charge is 0.495 e. The Hall–Kier alpha value is -3.61. The van der Waals surface area contributed by atoms with Crippen molar-refractivity contribution in [2.24, 2.45) is 0 Å². The minimum Gasteiger partial charge on any atom is -0.495 e. The first-order valence-electron chi connectivity index (χ1n) is 9.29. The molecule has 12 nitrogen and oxygen atoms in total. The van der Waals surface area contributed by atoms with Gasteiger partial charge in [-0.3, -0.25) is 24.5 Å². The van der Waals surface area contributed by atoms with E-state index in [9.17, 15) is 24.5 Å². The zero-order chi connectivity index (χ0) is 23.8. The lowest BCUT2D eigenvalue weighted by molar-refractivity contribution is -0.384. The average Bonchev–Trinajstić information content (AvgIpc) is 3.16. The standard InChI is InChI=1S/C19H22N4O8S/c1-10-7-16(22-31-10)21-19(26)12(3)32-9-17(24)30-11(2)18(25)20-14-8-13(23(27)28)5-6-15(14)29-4/h5-8,11-12H,9H2,1-4H3,(H,20,25)(H,21,22,26)/t11-,12-/m0/s1. The Morgan fingerprint density at radius 2 is 1.94 bits per heavy atom. The van der Waals surface area contributed by atoms with Crippen molar-refractivity contribution < 1.29 is 33.3 Å². The molecule has 2 amide bonds. The highest BCUT2D eigenvalue weighted by molar-refractivity contribution is 8.01. The lowest BCUT2D eigenvalue weighted by Crippen LogP contribution is -2.31. The number of ether oxygens (including phenoxy) is 2. The van der Waals surface area contributed by atoms with Crippen LogP contribution in [0.1, 0.15) is 19.6 Å². The van der Waals surface area contributed by atoms with Gasteiger partial charge in [0.2, 0.25) is 5.91 Å².